The summed E-state index contributed by atoms with van der Waals surface area (Å²) in [5, 5.41) is 17.1. The van der Waals surface area contributed by atoms with Crippen molar-refractivity contribution >= 4 is 0 Å². The third kappa shape index (κ3) is 3.56. The topological polar surface area (TPSA) is 50.1 Å². The van der Waals surface area contributed by atoms with E-state index in [2.05, 4.69) is 34.3 Å². The van der Waals surface area contributed by atoms with Crippen LogP contribution in [0.15, 0.2) is 12.3 Å². The molecule has 1 fully saturated rings. The SMILES string of the molecule is CCC(CCO)NCc1ccn(C2CCCC2)n1. The van der Waals surface area contributed by atoms with Crippen LogP contribution in [-0.2, 0) is 6.54 Å². The van der Waals surface area contributed by atoms with Crippen LogP contribution in [0.3, 0.4) is 0 Å². The number of aromatic nitrogens is 2. The van der Waals surface area contributed by atoms with Gasteiger partial charge in [0.2, 0.25) is 0 Å². The average Bonchev–Trinajstić information content (AvgIpc) is 3.04. The molecule has 0 bridgehead atoms. The molecule has 1 unspecified atom stereocenters. The molecular weight excluding hydrogens is 226 g/mol. The standard InChI is InChI=1S/C14H25N3O/c1-2-12(8-10-18)15-11-13-7-9-17(16-13)14-5-3-4-6-14/h7,9,12,14-15,18H,2-6,8,10-11H2,1H3. The van der Waals surface area contributed by atoms with Crippen LogP contribution in [0.1, 0.15) is 57.2 Å². The molecule has 1 aliphatic rings. The largest absolute Gasteiger partial charge is 0.396 e. The molecule has 1 aromatic heterocycles. The summed E-state index contributed by atoms with van der Waals surface area (Å²) in [4.78, 5) is 0. The van der Waals surface area contributed by atoms with Crippen LogP contribution in [0, 0.1) is 0 Å². The Morgan fingerprint density at radius 1 is 1.50 bits per heavy atom. The Hall–Kier alpha value is -0.870. The molecule has 1 atom stereocenters. The maximum absolute atomic E-state index is 8.95. The molecule has 1 heterocycles. The van der Waals surface area contributed by atoms with E-state index in [9.17, 15) is 0 Å². The number of aliphatic hydroxyl groups excluding tert-OH is 1. The molecule has 1 saturated carbocycles. The highest BCUT2D eigenvalue weighted by molar-refractivity contribution is 5.00. The van der Waals surface area contributed by atoms with Gasteiger partial charge < -0.3 is 10.4 Å². The van der Waals surface area contributed by atoms with E-state index in [0.717, 1.165) is 25.1 Å². The van der Waals surface area contributed by atoms with Gasteiger partial charge in [0.15, 0.2) is 0 Å². The first-order valence-electron chi connectivity index (χ1n) is 7.21. The molecule has 2 N–H and O–H groups in total. The third-order valence-corrected chi connectivity index (χ3v) is 3.90. The second kappa shape index (κ2) is 6.90. The highest BCUT2D eigenvalue weighted by Gasteiger charge is 2.17. The van der Waals surface area contributed by atoms with Gasteiger partial charge in [-0.05, 0) is 31.7 Å². The number of nitrogens with one attached hydrogen (secondary N) is 1. The second-order valence-corrected chi connectivity index (χ2v) is 5.22. The van der Waals surface area contributed by atoms with Crippen molar-refractivity contribution in [2.45, 2.75) is 64.1 Å². The van der Waals surface area contributed by atoms with E-state index in [4.69, 9.17) is 5.11 Å². The van der Waals surface area contributed by atoms with Gasteiger partial charge in [-0.15, -0.1) is 0 Å². The highest BCUT2D eigenvalue weighted by atomic mass is 16.3. The molecule has 1 aromatic rings. The van der Waals surface area contributed by atoms with Gasteiger partial charge in [0.25, 0.3) is 0 Å². The fourth-order valence-corrected chi connectivity index (χ4v) is 2.70. The van der Waals surface area contributed by atoms with E-state index in [0.29, 0.717) is 12.1 Å². The fourth-order valence-electron chi connectivity index (χ4n) is 2.70. The lowest BCUT2D eigenvalue weighted by molar-refractivity contribution is 0.261. The van der Waals surface area contributed by atoms with Gasteiger partial charge >= 0.3 is 0 Å². The molecule has 102 valence electrons. The molecule has 0 aromatic carbocycles. The van der Waals surface area contributed by atoms with Crippen LogP contribution >= 0.6 is 0 Å². The molecule has 2 rings (SSSR count). The first-order valence-corrected chi connectivity index (χ1v) is 7.21. The van der Waals surface area contributed by atoms with Crippen LogP contribution in [0.2, 0.25) is 0 Å². The summed E-state index contributed by atoms with van der Waals surface area (Å²) in [6.07, 6.45) is 9.20. The Morgan fingerprint density at radius 3 is 2.94 bits per heavy atom. The normalized spacial score (nSPS) is 18.3. The minimum atomic E-state index is 0.252. The van der Waals surface area contributed by atoms with Crippen molar-refractivity contribution in [2.24, 2.45) is 0 Å². The molecule has 18 heavy (non-hydrogen) atoms. The Morgan fingerprint density at radius 2 is 2.28 bits per heavy atom. The van der Waals surface area contributed by atoms with Crippen molar-refractivity contribution in [1.29, 1.82) is 0 Å². The van der Waals surface area contributed by atoms with Gasteiger partial charge in [-0.1, -0.05) is 19.8 Å². The summed E-state index contributed by atoms with van der Waals surface area (Å²) < 4.78 is 2.14. The van der Waals surface area contributed by atoms with E-state index in [1.54, 1.807) is 0 Å². The van der Waals surface area contributed by atoms with Crippen LogP contribution in [0.5, 0.6) is 0 Å². The maximum Gasteiger partial charge on any atom is 0.0762 e. The molecule has 0 saturated heterocycles. The predicted molar refractivity (Wildman–Crippen MR) is 72.4 cm³/mol. The van der Waals surface area contributed by atoms with Crippen LogP contribution in [0.25, 0.3) is 0 Å². The van der Waals surface area contributed by atoms with Crippen LogP contribution in [0.4, 0.5) is 0 Å². The summed E-state index contributed by atoms with van der Waals surface area (Å²) >= 11 is 0. The molecular formula is C14H25N3O. The van der Waals surface area contributed by atoms with Gasteiger partial charge in [-0.2, -0.15) is 5.10 Å². The maximum atomic E-state index is 8.95. The average molecular weight is 251 g/mol. The Labute approximate surface area is 109 Å². The van der Waals surface area contributed by atoms with Crippen molar-refractivity contribution in [3.63, 3.8) is 0 Å². The van der Waals surface area contributed by atoms with Gasteiger partial charge in [-0.3, -0.25) is 4.68 Å². The number of rotatable bonds is 7. The smallest absolute Gasteiger partial charge is 0.0762 e. The number of hydrogen-bond donors (Lipinski definition) is 2. The van der Waals surface area contributed by atoms with Crippen molar-refractivity contribution in [2.75, 3.05) is 6.61 Å². The van der Waals surface area contributed by atoms with Gasteiger partial charge in [0, 0.05) is 25.4 Å². The molecule has 0 radical (unpaired) electrons. The molecule has 0 aliphatic heterocycles. The van der Waals surface area contributed by atoms with E-state index in [1.165, 1.54) is 25.7 Å². The van der Waals surface area contributed by atoms with Crippen molar-refractivity contribution in [3.8, 4) is 0 Å². The predicted octanol–water partition coefficient (Wildman–Crippen LogP) is 2.25. The van der Waals surface area contributed by atoms with Gasteiger partial charge in [0.1, 0.15) is 0 Å². The first-order chi connectivity index (χ1) is 8.83. The molecule has 1 aliphatic carbocycles. The second-order valence-electron chi connectivity index (χ2n) is 5.22. The summed E-state index contributed by atoms with van der Waals surface area (Å²) in [5.74, 6) is 0. The highest BCUT2D eigenvalue weighted by Crippen LogP contribution is 2.28. The number of nitrogens with zero attached hydrogens (tertiary/aromatic N) is 2. The lowest BCUT2D eigenvalue weighted by Crippen LogP contribution is -2.29. The van der Waals surface area contributed by atoms with Crippen LogP contribution < -0.4 is 5.32 Å². The van der Waals surface area contributed by atoms with Crippen molar-refractivity contribution in [3.05, 3.63) is 18.0 Å². The zero-order valence-corrected chi connectivity index (χ0v) is 11.3. The minimum absolute atomic E-state index is 0.252. The summed E-state index contributed by atoms with van der Waals surface area (Å²) in [7, 11) is 0. The lowest BCUT2D eigenvalue weighted by Gasteiger charge is -2.14. The van der Waals surface area contributed by atoms with Gasteiger partial charge in [-0.25, -0.2) is 0 Å². The van der Waals surface area contributed by atoms with Gasteiger partial charge in [0.05, 0.1) is 11.7 Å². The zero-order chi connectivity index (χ0) is 12.8. The first kappa shape index (κ1) is 13.6. The molecule has 0 amide bonds. The van der Waals surface area contributed by atoms with E-state index in [-0.39, 0.29) is 6.61 Å². The Kier molecular flexibility index (Phi) is 5.20. The minimum Gasteiger partial charge on any atom is -0.396 e. The van der Waals surface area contributed by atoms with E-state index < -0.39 is 0 Å². The molecule has 4 nitrogen and oxygen atoms in total. The van der Waals surface area contributed by atoms with Crippen molar-refractivity contribution < 1.29 is 5.11 Å². The Balaban J connectivity index is 1.82. The molecule has 0 spiro atoms. The fraction of sp³-hybridized carbons (Fsp3) is 0.786. The third-order valence-electron chi connectivity index (χ3n) is 3.90. The molecule has 4 heteroatoms. The van der Waals surface area contributed by atoms with E-state index >= 15 is 0 Å². The Bertz CT molecular complexity index is 345. The van der Waals surface area contributed by atoms with Crippen molar-refractivity contribution in [1.82, 2.24) is 15.1 Å². The summed E-state index contributed by atoms with van der Waals surface area (Å²) in [6.45, 7) is 3.20. The quantitative estimate of drug-likeness (QED) is 0.781. The monoisotopic (exact) mass is 251 g/mol. The number of aliphatic hydroxyl groups is 1. The van der Waals surface area contributed by atoms with Crippen LogP contribution in [-0.4, -0.2) is 27.5 Å². The lowest BCUT2D eigenvalue weighted by atomic mass is 10.1. The summed E-state index contributed by atoms with van der Waals surface area (Å²) in [6, 6.07) is 3.13. The summed E-state index contributed by atoms with van der Waals surface area (Å²) in [5.41, 5.74) is 1.11. The van der Waals surface area contributed by atoms with E-state index in [1.807, 2.05) is 0 Å². The zero-order valence-electron chi connectivity index (χ0n) is 11.3. The number of hydrogen-bond acceptors (Lipinski definition) is 3.